The second-order valence-corrected chi connectivity index (χ2v) is 8.11. The molecular weight excluding hydrogens is 358 g/mol. The van der Waals surface area contributed by atoms with Gasteiger partial charge in [0.2, 0.25) is 10.0 Å². The van der Waals surface area contributed by atoms with Gasteiger partial charge >= 0.3 is 0 Å². The first-order valence-corrected chi connectivity index (χ1v) is 9.88. The smallest absolute Gasteiger partial charge is 0.272 e. The van der Waals surface area contributed by atoms with E-state index in [1.54, 1.807) is 18.2 Å². The Morgan fingerprint density at radius 1 is 1.08 bits per heavy atom. The predicted octanol–water partition coefficient (Wildman–Crippen LogP) is 1.82. The molecule has 1 aromatic carbocycles. The number of ether oxygens (including phenoxy) is 2. The molecule has 0 unspecified atom stereocenters. The monoisotopic (exact) mass is 377 g/mol. The maximum Gasteiger partial charge on any atom is 0.272 e. The molecule has 2 N–H and O–H groups in total. The molecule has 2 aliphatic heterocycles. The summed E-state index contributed by atoms with van der Waals surface area (Å²) in [5.41, 5.74) is 0.718. The molecule has 8 nitrogen and oxygen atoms in total. The van der Waals surface area contributed by atoms with Crippen molar-refractivity contribution < 1.29 is 22.7 Å². The fourth-order valence-corrected chi connectivity index (χ4v) is 4.56. The third-order valence-electron chi connectivity index (χ3n) is 4.40. The van der Waals surface area contributed by atoms with Crippen LogP contribution in [0.1, 0.15) is 23.3 Å². The van der Waals surface area contributed by atoms with Crippen molar-refractivity contribution in [2.45, 2.75) is 17.7 Å². The summed E-state index contributed by atoms with van der Waals surface area (Å²) in [4.78, 5) is 15.3. The van der Waals surface area contributed by atoms with Gasteiger partial charge in [-0.2, -0.15) is 4.31 Å². The van der Waals surface area contributed by atoms with E-state index in [0.717, 1.165) is 12.8 Å². The minimum atomic E-state index is -3.55. The predicted molar refractivity (Wildman–Crippen MR) is 94.2 cm³/mol. The molecule has 9 heteroatoms. The van der Waals surface area contributed by atoms with Crippen molar-refractivity contribution in [1.82, 2.24) is 9.29 Å². The molecule has 1 amide bonds. The molecule has 4 rings (SSSR count). The standard InChI is InChI=1S/C17H19N3O5S/c21-17(19-12-3-4-15-16(9-12)25-8-7-24-15)14-10-13(11-18-14)26(22,23)20-5-1-2-6-20/h3-4,9-11,18H,1-2,5-8H2,(H,19,21). The number of aromatic nitrogens is 1. The van der Waals surface area contributed by atoms with Crippen molar-refractivity contribution in [2.75, 3.05) is 31.6 Å². The van der Waals surface area contributed by atoms with E-state index in [-0.39, 0.29) is 10.6 Å². The van der Waals surface area contributed by atoms with Crippen molar-refractivity contribution in [1.29, 1.82) is 0 Å². The van der Waals surface area contributed by atoms with Gasteiger partial charge in [-0.05, 0) is 31.0 Å². The van der Waals surface area contributed by atoms with Crippen LogP contribution in [0.3, 0.4) is 0 Å². The summed E-state index contributed by atoms with van der Waals surface area (Å²) in [7, 11) is -3.55. The molecule has 0 saturated carbocycles. The van der Waals surface area contributed by atoms with Crippen LogP contribution in [0, 0.1) is 0 Å². The highest BCUT2D eigenvalue weighted by atomic mass is 32.2. The average Bonchev–Trinajstić information content (AvgIpc) is 3.34. The molecule has 0 bridgehead atoms. The number of carbonyl (C=O) groups is 1. The first kappa shape index (κ1) is 16.9. The molecule has 1 fully saturated rings. The van der Waals surface area contributed by atoms with E-state index in [0.29, 0.717) is 43.5 Å². The van der Waals surface area contributed by atoms with Crippen molar-refractivity contribution in [3.63, 3.8) is 0 Å². The first-order chi connectivity index (χ1) is 12.5. The summed E-state index contributed by atoms with van der Waals surface area (Å²) in [6.45, 7) is 1.99. The number of sulfonamides is 1. The molecule has 138 valence electrons. The Balaban J connectivity index is 1.50. The number of nitrogens with zero attached hydrogens (tertiary/aromatic N) is 1. The quantitative estimate of drug-likeness (QED) is 0.846. The van der Waals surface area contributed by atoms with Crippen LogP contribution in [-0.4, -0.2) is 49.9 Å². The molecule has 2 aromatic rings. The average molecular weight is 377 g/mol. The minimum Gasteiger partial charge on any atom is -0.486 e. The maximum absolute atomic E-state index is 12.5. The zero-order valence-corrected chi connectivity index (χ0v) is 14.8. The Bertz CT molecular complexity index is 932. The lowest BCUT2D eigenvalue weighted by atomic mass is 10.2. The van der Waals surface area contributed by atoms with Gasteiger partial charge in [0.25, 0.3) is 5.91 Å². The lowest BCUT2D eigenvalue weighted by molar-refractivity contribution is 0.102. The summed E-state index contributed by atoms with van der Waals surface area (Å²) < 4.78 is 37.4. The Morgan fingerprint density at radius 2 is 1.81 bits per heavy atom. The van der Waals surface area contributed by atoms with Crippen molar-refractivity contribution in [3.05, 3.63) is 36.2 Å². The largest absolute Gasteiger partial charge is 0.486 e. The van der Waals surface area contributed by atoms with Gasteiger partial charge in [-0.25, -0.2) is 8.42 Å². The molecule has 26 heavy (non-hydrogen) atoms. The highest BCUT2D eigenvalue weighted by Gasteiger charge is 2.28. The minimum absolute atomic E-state index is 0.103. The summed E-state index contributed by atoms with van der Waals surface area (Å²) in [6.07, 6.45) is 3.08. The number of aromatic amines is 1. The Hall–Kier alpha value is -2.52. The van der Waals surface area contributed by atoms with Crippen LogP contribution in [-0.2, 0) is 10.0 Å². The number of rotatable bonds is 4. The van der Waals surface area contributed by atoms with Crippen LogP contribution in [0.5, 0.6) is 11.5 Å². The highest BCUT2D eigenvalue weighted by molar-refractivity contribution is 7.89. The molecule has 0 radical (unpaired) electrons. The molecule has 0 aliphatic carbocycles. The van der Waals surface area contributed by atoms with E-state index in [1.165, 1.54) is 16.6 Å². The van der Waals surface area contributed by atoms with Gasteiger partial charge in [0, 0.05) is 31.0 Å². The van der Waals surface area contributed by atoms with Crippen LogP contribution < -0.4 is 14.8 Å². The summed E-state index contributed by atoms with van der Waals surface area (Å²) in [6, 6.07) is 6.47. The van der Waals surface area contributed by atoms with E-state index in [1.807, 2.05) is 0 Å². The lowest BCUT2D eigenvalue weighted by Crippen LogP contribution is -2.27. The summed E-state index contributed by atoms with van der Waals surface area (Å²) >= 11 is 0. The van der Waals surface area contributed by atoms with Crippen LogP contribution >= 0.6 is 0 Å². The van der Waals surface area contributed by atoms with Gasteiger partial charge in [0.15, 0.2) is 11.5 Å². The van der Waals surface area contributed by atoms with E-state index < -0.39 is 15.9 Å². The number of nitrogens with one attached hydrogen (secondary N) is 2. The number of amides is 1. The number of H-pyrrole nitrogens is 1. The van der Waals surface area contributed by atoms with Gasteiger partial charge in [0.05, 0.1) is 0 Å². The fraction of sp³-hybridized carbons (Fsp3) is 0.353. The highest BCUT2D eigenvalue weighted by Crippen LogP contribution is 2.32. The Morgan fingerprint density at radius 3 is 2.58 bits per heavy atom. The third-order valence-corrected chi connectivity index (χ3v) is 6.28. The van der Waals surface area contributed by atoms with E-state index >= 15 is 0 Å². The second-order valence-electron chi connectivity index (χ2n) is 6.17. The van der Waals surface area contributed by atoms with Crippen LogP contribution in [0.2, 0.25) is 0 Å². The van der Waals surface area contributed by atoms with E-state index in [2.05, 4.69) is 10.3 Å². The van der Waals surface area contributed by atoms with Crippen molar-refractivity contribution >= 4 is 21.6 Å². The molecule has 3 heterocycles. The molecule has 0 spiro atoms. The van der Waals surface area contributed by atoms with Crippen LogP contribution in [0.25, 0.3) is 0 Å². The van der Waals surface area contributed by atoms with Gasteiger partial charge in [-0.3, -0.25) is 4.79 Å². The molecule has 2 aliphatic rings. The number of benzene rings is 1. The molecule has 1 aromatic heterocycles. The van der Waals surface area contributed by atoms with Gasteiger partial charge in [-0.1, -0.05) is 0 Å². The number of carbonyl (C=O) groups excluding carboxylic acids is 1. The first-order valence-electron chi connectivity index (χ1n) is 8.43. The molecule has 1 saturated heterocycles. The van der Waals surface area contributed by atoms with E-state index in [9.17, 15) is 13.2 Å². The number of anilines is 1. The zero-order chi connectivity index (χ0) is 18.1. The lowest BCUT2D eigenvalue weighted by Gasteiger charge is -2.18. The molecule has 0 atom stereocenters. The number of fused-ring (bicyclic) bond motifs is 1. The fourth-order valence-electron chi connectivity index (χ4n) is 3.05. The number of hydrogen-bond acceptors (Lipinski definition) is 5. The van der Waals surface area contributed by atoms with Crippen molar-refractivity contribution in [3.8, 4) is 11.5 Å². The Kier molecular flexibility index (Phi) is 4.33. The summed E-state index contributed by atoms with van der Waals surface area (Å²) in [5.74, 6) is 0.774. The Labute approximate surface area is 151 Å². The number of hydrogen-bond donors (Lipinski definition) is 2. The third kappa shape index (κ3) is 3.15. The molecular formula is C17H19N3O5S. The van der Waals surface area contributed by atoms with Gasteiger partial charge in [0.1, 0.15) is 23.8 Å². The normalized spacial score (nSPS) is 17.2. The second kappa shape index (κ2) is 6.65. The SMILES string of the molecule is O=C(Nc1ccc2c(c1)OCCO2)c1cc(S(=O)(=O)N2CCCC2)c[nH]1. The van der Waals surface area contributed by atoms with Crippen LogP contribution in [0.4, 0.5) is 5.69 Å². The van der Waals surface area contributed by atoms with Gasteiger partial charge < -0.3 is 19.8 Å². The van der Waals surface area contributed by atoms with Crippen LogP contribution in [0.15, 0.2) is 35.4 Å². The zero-order valence-electron chi connectivity index (χ0n) is 14.0. The maximum atomic E-state index is 12.5. The van der Waals surface area contributed by atoms with E-state index in [4.69, 9.17) is 9.47 Å². The summed E-state index contributed by atoms with van der Waals surface area (Å²) in [5, 5.41) is 2.73. The van der Waals surface area contributed by atoms with Gasteiger partial charge in [-0.15, -0.1) is 0 Å². The van der Waals surface area contributed by atoms with Crippen molar-refractivity contribution in [2.24, 2.45) is 0 Å². The topological polar surface area (TPSA) is 101 Å².